The summed E-state index contributed by atoms with van der Waals surface area (Å²) in [6, 6.07) is 0. The molecule has 3 heteroatoms. The Hall–Kier alpha value is -0.570. The maximum atomic E-state index is 11.3. The SMILES string of the molecule is CCCC(C)C(=O)NCCCN. The Morgan fingerprint density at radius 3 is 2.75 bits per heavy atom. The lowest BCUT2D eigenvalue weighted by atomic mass is 10.1. The van der Waals surface area contributed by atoms with E-state index in [0.29, 0.717) is 13.1 Å². The Labute approximate surface area is 74.7 Å². The van der Waals surface area contributed by atoms with Gasteiger partial charge in [0.2, 0.25) is 5.91 Å². The van der Waals surface area contributed by atoms with Gasteiger partial charge in [-0.1, -0.05) is 20.3 Å². The molecular weight excluding hydrogens is 152 g/mol. The van der Waals surface area contributed by atoms with E-state index in [1.54, 1.807) is 0 Å². The van der Waals surface area contributed by atoms with Crippen LogP contribution >= 0.6 is 0 Å². The molecule has 0 radical (unpaired) electrons. The van der Waals surface area contributed by atoms with Crippen molar-refractivity contribution >= 4 is 5.91 Å². The summed E-state index contributed by atoms with van der Waals surface area (Å²) in [5, 5.41) is 2.85. The minimum absolute atomic E-state index is 0.146. The molecule has 0 aliphatic heterocycles. The Morgan fingerprint density at radius 1 is 1.58 bits per heavy atom. The minimum Gasteiger partial charge on any atom is -0.356 e. The topological polar surface area (TPSA) is 55.1 Å². The highest BCUT2D eigenvalue weighted by Gasteiger charge is 2.09. The van der Waals surface area contributed by atoms with Gasteiger partial charge in [0.15, 0.2) is 0 Å². The van der Waals surface area contributed by atoms with Gasteiger partial charge < -0.3 is 11.1 Å². The van der Waals surface area contributed by atoms with Crippen molar-refractivity contribution in [1.29, 1.82) is 0 Å². The number of hydrogen-bond donors (Lipinski definition) is 2. The predicted octanol–water partition coefficient (Wildman–Crippen LogP) is 0.888. The molecular formula is C9H20N2O. The van der Waals surface area contributed by atoms with Crippen molar-refractivity contribution in [2.24, 2.45) is 11.7 Å². The molecule has 1 unspecified atom stereocenters. The molecule has 0 fully saturated rings. The highest BCUT2D eigenvalue weighted by molar-refractivity contribution is 5.78. The van der Waals surface area contributed by atoms with Crippen molar-refractivity contribution < 1.29 is 4.79 Å². The summed E-state index contributed by atoms with van der Waals surface area (Å²) >= 11 is 0. The van der Waals surface area contributed by atoms with E-state index in [1.165, 1.54) is 0 Å². The second kappa shape index (κ2) is 7.10. The van der Waals surface area contributed by atoms with Crippen LogP contribution in [-0.4, -0.2) is 19.0 Å². The molecule has 3 N–H and O–H groups in total. The fraction of sp³-hybridized carbons (Fsp3) is 0.889. The van der Waals surface area contributed by atoms with Gasteiger partial charge in [-0.15, -0.1) is 0 Å². The van der Waals surface area contributed by atoms with Crippen molar-refractivity contribution in [1.82, 2.24) is 5.32 Å². The normalized spacial score (nSPS) is 12.6. The first kappa shape index (κ1) is 11.4. The quantitative estimate of drug-likeness (QED) is 0.584. The monoisotopic (exact) mass is 172 g/mol. The number of hydrogen-bond acceptors (Lipinski definition) is 2. The molecule has 1 amide bonds. The first-order chi connectivity index (χ1) is 5.72. The van der Waals surface area contributed by atoms with Crippen LogP contribution < -0.4 is 11.1 Å². The molecule has 0 spiro atoms. The Morgan fingerprint density at radius 2 is 2.25 bits per heavy atom. The summed E-state index contributed by atoms with van der Waals surface area (Å²) in [4.78, 5) is 11.3. The number of nitrogens with one attached hydrogen (secondary N) is 1. The van der Waals surface area contributed by atoms with Gasteiger partial charge in [0, 0.05) is 12.5 Å². The number of rotatable bonds is 6. The Bertz CT molecular complexity index is 126. The number of amides is 1. The lowest BCUT2D eigenvalue weighted by molar-refractivity contribution is -0.124. The second-order valence-corrected chi connectivity index (χ2v) is 3.12. The van der Waals surface area contributed by atoms with Crippen LogP contribution in [0.25, 0.3) is 0 Å². The molecule has 72 valence electrons. The van der Waals surface area contributed by atoms with Crippen molar-refractivity contribution in [3.05, 3.63) is 0 Å². The average molecular weight is 172 g/mol. The maximum absolute atomic E-state index is 11.3. The third-order valence-corrected chi connectivity index (χ3v) is 1.85. The van der Waals surface area contributed by atoms with Crippen molar-refractivity contribution in [2.45, 2.75) is 33.1 Å². The number of carbonyl (C=O) groups excluding carboxylic acids is 1. The summed E-state index contributed by atoms with van der Waals surface area (Å²) in [6.45, 7) is 5.40. The zero-order chi connectivity index (χ0) is 9.40. The molecule has 0 saturated carbocycles. The lowest BCUT2D eigenvalue weighted by Gasteiger charge is -2.10. The van der Waals surface area contributed by atoms with Crippen molar-refractivity contribution in [3.8, 4) is 0 Å². The molecule has 0 heterocycles. The molecule has 0 aromatic rings. The van der Waals surface area contributed by atoms with Crippen LogP contribution in [-0.2, 0) is 4.79 Å². The fourth-order valence-electron chi connectivity index (χ4n) is 1.05. The lowest BCUT2D eigenvalue weighted by Crippen LogP contribution is -2.30. The zero-order valence-corrected chi connectivity index (χ0v) is 8.10. The van der Waals surface area contributed by atoms with Crippen LogP contribution in [0.4, 0.5) is 0 Å². The first-order valence-corrected chi connectivity index (χ1v) is 4.70. The van der Waals surface area contributed by atoms with Gasteiger partial charge >= 0.3 is 0 Å². The van der Waals surface area contributed by atoms with Crippen molar-refractivity contribution in [3.63, 3.8) is 0 Å². The van der Waals surface area contributed by atoms with Gasteiger partial charge in [-0.2, -0.15) is 0 Å². The molecule has 0 aliphatic carbocycles. The largest absolute Gasteiger partial charge is 0.356 e. The van der Waals surface area contributed by atoms with Gasteiger partial charge in [-0.3, -0.25) is 4.79 Å². The standard InChI is InChI=1S/C9H20N2O/c1-3-5-8(2)9(12)11-7-4-6-10/h8H,3-7,10H2,1-2H3,(H,11,12). The maximum Gasteiger partial charge on any atom is 0.222 e. The third kappa shape index (κ3) is 5.13. The average Bonchev–Trinajstić information content (AvgIpc) is 2.05. The van der Waals surface area contributed by atoms with Crippen LogP contribution in [0, 0.1) is 5.92 Å². The van der Waals surface area contributed by atoms with Crippen LogP contribution in [0.1, 0.15) is 33.1 Å². The van der Waals surface area contributed by atoms with E-state index in [4.69, 9.17) is 5.73 Å². The van der Waals surface area contributed by atoms with E-state index < -0.39 is 0 Å². The van der Waals surface area contributed by atoms with E-state index >= 15 is 0 Å². The summed E-state index contributed by atoms with van der Waals surface area (Å²) < 4.78 is 0. The molecule has 0 saturated heterocycles. The van der Waals surface area contributed by atoms with Gasteiger partial charge in [0.1, 0.15) is 0 Å². The van der Waals surface area contributed by atoms with Gasteiger partial charge in [0.25, 0.3) is 0 Å². The van der Waals surface area contributed by atoms with Gasteiger partial charge in [-0.25, -0.2) is 0 Å². The Kier molecular flexibility index (Phi) is 6.76. The summed E-state index contributed by atoms with van der Waals surface area (Å²) in [7, 11) is 0. The molecule has 0 rings (SSSR count). The van der Waals surface area contributed by atoms with Crippen LogP contribution in [0.5, 0.6) is 0 Å². The molecule has 0 aromatic carbocycles. The zero-order valence-electron chi connectivity index (χ0n) is 8.10. The van der Waals surface area contributed by atoms with E-state index in [0.717, 1.165) is 19.3 Å². The molecule has 1 atom stereocenters. The second-order valence-electron chi connectivity index (χ2n) is 3.12. The molecule has 0 bridgehead atoms. The predicted molar refractivity (Wildman–Crippen MR) is 50.8 cm³/mol. The highest BCUT2D eigenvalue weighted by atomic mass is 16.1. The van der Waals surface area contributed by atoms with E-state index in [1.807, 2.05) is 6.92 Å². The molecule has 0 aliphatic rings. The van der Waals surface area contributed by atoms with Crippen LogP contribution in [0.3, 0.4) is 0 Å². The van der Waals surface area contributed by atoms with E-state index in [2.05, 4.69) is 12.2 Å². The summed E-state index contributed by atoms with van der Waals surface area (Å²) in [5.41, 5.74) is 5.30. The summed E-state index contributed by atoms with van der Waals surface area (Å²) in [5.74, 6) is 0.304. The highest BCUT2D eigenvalue weighted by Crippen LogP contribution is 2.03. The molecule has 0 aromatic heterocycles. The van der Waals surface area contributed by atoms with E-state index in [-0.39, 0.29) is 11.8 Å². The van der Waals surface area contributed by atoms with Crippen LogP contribution in [0.15, 0.2) is 0 Å². The minimum atomic E-state index is 0.146. The van der Waals surface area contributed by atoms with Gasteiger partial charge in [0.05, 0.1) is 0 Å². The Balaban J connectivity index is 3.43. The van der Waals surface area contributed by atoms with E-state index in [9.17, 15) is 4.79 Å². The number of carbonyl (C=O) groups is 1. The molecule has 12 heavy (non-hydrogen) atoms. The fourth-order valence-corrected chi connectivity index (χ4v) is 1.05. The third-order valence-electron chi connectivity index (χ3n) is 1.85. The van der Waals surface area contributed by atoms with Crippen molar-refractivity contribution in [2.75, 3.05) is 13.1 Å². The smallest absolute Gasteiger partial charge is 0.222 e. The summed E-state index contributed by atoms with van der Waals surface area (Å²) in [6.07, 6.45) is 2.89. The van der Waals surface area contributed by atoms with Crippen LogP contribution in [0.2, 0.25) is 0 Å². The number of nitrogens with two attached hydrogens (primary N) is 1. The van der Waals surface area contributed by atoms with Gasteiger partial charge in [-0.05, 0) is 19.4 Å². The molecule has 3 nitrogen and oxygen atoms in total. The first-order valence-electron chi connectivity index (χ1n) is 4.70.